The first-order valence-corrected chi connectivity index (χ1v) is 13.0. The Balaban J connectivity index is 1.77. The van der Waals surface area contributed by atoms with Gasteiger partial charge in [-0.3, -0.25) is 19.7 Å². The summed E-state index contributed by atoms with van der Waals surface area (Å²) in [6.07, 6.45) is 2.36. The lowest BCUT2D eigenvalue weighted by atomic mass is 9.91. The molecule has 36 heavy (non-hydrogen) atoms. The summed E-state index contributed by atoms with van der Waals surface area (Å²) in [5.41, 5.74) is 1.09. The van der Waals surface area contributed by atoms with Crippen molar-refractivity contribution in [2.45, 2.75) is 77.5 Å². The number of esters is 2. The summed E-state index contributed by atoms with van der Waals surface area (Å²) in [6, 6.07) is 7.44. The zero-order valence-electron chi connectivity index (χ0n) is 21.8. The number of nitrogens with one attached hydrogen (secondary N) is 1. The third kappa shape index (κ3) is 6.63. The molecule has 0 saturated carbocycles. The fourth-order valence-corrected chi connectivity index (χ4v) is 5.32. The summed E-state index contributed by atoms with van der Waals surface area (Å²) in [7, 11) is 0. The lowest BCUT2D eigenvalue weighted by molar-refractivity contribution is -0.156. The standard InChI is InChI=1S/C27H39N3O6/c1-5-35-26(33)22(13-12-20-10-8-7-9-11-20)28-18(3)25(32)30-23(27(34)36-6-2)16-21-14-15-29(19(4)31)17-24(21)30/h7-11,18,21-24,28H,5-6,12-17H2,1-4H3/t18-,21-,22+,23+,24+/m1/s1. The number of carbonyl (C=O) groups is 4. The monoisotopic (exact) mass is 501 g/mol. The van der Waals surface area contributed by atoms with Gasteiger partial charge in [-0.1, -0.05) is 30.3 Å². The van der Waals surface area contributed by atoms with Gasteiger partial charge in [0.15, 0.2) is 0 Å². The van der Waals surface area contributed by atoms with Crippen LogP contribution in [0.25, 0.3) is 0 Å². The highest BCUT2D eigenvalue weighted by atomic mass is 16.5. The molecular weight excluding hydrogens is 462 g/mol. The van der Waals surface area contributed by atoms with Gasteiger partial charge in [0.2, 0.25) is 11.8 Å². The van der Waals surface area contributed by atoms with Gasteiger partial charge in [0, 0.05) is 20.0 Å². The first kappa shape index (κ1) is 27.6. The van der Waals surface area contributed by atoms with Crippen LogP contribution < -0.4 is 5.32 Å². The van der Waals surface area contributed by atoms with E-state index < -0.39 is 30.1 Å². The second-order valence-corrected chi connectivity index (χ2v) is 9.55. The van der Waals surface area contributed by atoms with E-state index in [1.54, 1.807) is 30.6 Å². The first-order valence-electron chi connectivity index (χ1n) is 13.0. The molecule has 1 N–H and O–H groups in total. The van der Waals surface area contributed by atoms with Crippen molar-refractivity contribution in [1.82, 2.24) is 15.1 Å². The molecule has 198 valence electrons. The molecule has 0 aliphatic carbocycles. The maximum absolute atomic E-state index is 13.8. The van der Waals surface area contributed by atoms with E-state index in [2.05, 4.69) is 5.32 Å². The molecule has 1 aromatic rings. The van der Waals surface area contributed by atoms with Crippen molar-refractivity contribution in [1.29, 1.82) is 0 Å². The number of likely N-dealkylation sites (tertiary alicyclic amines) is 2. The molecule has 2 heterocycles. The van der Waals surface area contributed by atoms with Gasteiger partial charge in [-0.15, -0.1) is 0 Å². The number of nitrogens with zero attached hydrogens (tertiary/aromatic N) is 2. The van der Waals surface area contributed by atoms with Crippen molar-refractivity contribution < 1.29 is 28.7 Å². The normalized spacial score (nSPS) is 22.9. The minimum absolute atomic E-state index is 0.0464. The Kier molecular flexibility index (Phi) is 9.87. The molecule has 2 fully saturated rings. The number of amides is 2. The maximum Gasteiger partial charge on any atom is 0.328 e. The average Bonchev–Trinajstić information content (AvgIpc) is 3.25. The summed E-state index contributed by atoms with van der Waals surface area (Å²) >= 11 is 0. The smallest absolute Gasteiger partial charge is 0.328 e. The quantitative estimate of drug-likeness (QED) is 0.489. The number of hydrogen-bond acceptors (Lipinski definition) is 7. The Bertz CT molecular complexity index is 923. The molecule has 5 atom stereocenters. The van der Waals surface area contributed by atoms with Crippen molar-refractivity contribution in [2.75, 3.05) is 26.3 Å². The number of carbonyl (C=O) groups excluding carboxylic acids is 4. The van der Waals surface area contributed by atoms with Crippen LogP contribution in [0.4, 0.5) is 0 Å². The van der Waals surface area contributed by atoms with Crippen LogP contribution in [-0.4, -0.2) is 84.0 Å². The van der Waals surface area contributed by atoms with E-state index >= 15 is 0 Å². The van der Waals surface area contributed by atoms with Gasteiger partial charge in [-0.05, 0) is 57.9 Å². The van der Waals surface area contributed by atoms with Gasteiger partial charge < -0.3 is 19.3 Å². The molecule has 0 radical (unpaired) electrons. The molecule has 1 aromatic carbocycles. The van der Waals surface area contributed by atoms with E-state index in [1.165, 1.54) is 6.92 Å². The highest BCUT2D eigenvalue weighted by Crippen LogP contribution is 2.37. The Morgan fingerprint density at radius 2 is 1.78 bits per heavy atom. The molecule has 2 aliphatic rings. The summed E-state index contributed by atoms with van der Waals surface area (Å²) < 4.78 is 10.6. The van der Waals surface area contributed by atoms with E-state index in [0.29, 0.717) is 32.4 Å². The van der Waals surface area contributed by atoms with Crippen LogP contribution in [0.5, 0.6) is 0 Å². The van der Waals surface area contributed by atoms with E-state index in [-0.39, 0.29) is 37.0 Å². The third-order valence-electron chi connectivity index (χ3n) is 7.16. The molecule has 0 unspecified atom stereocenters. The number of aryl methyl sites for hydroxylation is 1. The number of benzene rings is 1. The van der Waals surface area contributed by atoms with Gasteiger partial charge in [0.1, 0.15) is 12.1 Å². The fourth-order valence-electron chi connectivity index (χ4n) is 5.32. The number of rotatable bonds is 10. The summed E-state index contributed by atoms with van der Waals surface area (Å²) in [5, 5.41) is 3.17. The minimum atomic E-state index is -0.737. The van der Waals surface area contributed by atoms with Crippen LogP contribution in [0.2, 0.25) is 0 Å². The van der Waals surface area contributed by atoms with E-state index in [1.807, 2.05) is 30.3 Å². The molecule has 2 amide bonds. The van der Waals surface area contributed by atoms with E-state index in [4.69, 9.17) is 9.47 Å². The molecule has 2 saturated heterocycles. The van der Waals surface area contributed by atoms with Crippen LogP contribution >= 0.6 is 0 Å². The minimum Gasteiger partial charge on any atom is -0.465 e. The van der Waals surface area contributed by atoms with Crippen LogP contribution in [0.1, 0.15) is 52.5 Å². The summed E-state index contributed by atoms with van der Waals surface area (Å²) in [4.78, 5) is 54.7. The van der Waals surface area contributed by atoms with Crippen LogP contribution in [0.15, 0.2) is 30.3 Å². The predicted octanol–water partition coefficient (Wildman–Crippen LogP) is 1.93. The molecule has 3 rings (SSSR count). The molecule has 9 nitrogen and oxygen atoms in total. The molecule has 0 bridgehead atoms. The average molecular weight is 502 g/mol. The SMILES string of the molecule is CCOC(=O)[C@H](CCc1ccccc1)N[C@H](C)C(=O)N1[C@H](C(=O)OCC)C[C@H]2CCN(C(C)=O)C[C@@H]21. The van der Waals surface area contributed by atoms with Crippen molar-refractivity contribution in [3.63, 3.8) is 0 Å². The third-order valence-corrected chi connectivity index (χ3v) is 7.16. The maximum atomic E-state index is 13.8. The lowest BCUT2D eigenvalue weighted by Gasteiger charge is -2.39. The Labute approximate surface area is 213 Å². The van der Waals surface area contributed by atoms with Crippen molar-refractivity contribution in [3.05, 3.63) is 35.9 Å². The number of piperidine rings is 1. The predicted molar refractivity (Wildman–Crippen MR) is 134 cm³/mol. The van der Waals surface area contributed by atoms with Gasteiger partial charge in [0.05, 0.1) is 25.3 Å². The topological polar surface area (TPSA) is 105 Å². The second-order valence-electron chi connectivity index (χ2n) is 9.55. The van der Waals surface area contributed by atoms with Crippen molar-refractivity contribution >= 4 is 23.8 Å². The molecule has 0 aromatic heterocycles. The Hall–Kier alpha value is -2.94. The molecule has 9 heteroatoms. The van der Waals surface area contributed by atoms with Gasteiger partial charge in [-0.2, -0.15) is 0 Å². The van der Waals surface area contributed by atoms with Gasteiger partial charge in [0.25, 0.3) is 0 Å². The number of fused-ring (bicyclic) bond motifs is 1. The Morgan fingerprint density at radius 1 is 1.08 bits per heavy atom. The second kappa shape index (κ2) is 12.9. The zero-order valence-corrected chi connectivity index (χ0v) is 21.8. The molecule has 0 spiro atoms. The molecular formula is C27H39N3O6. The first-order chi connectivity index (χ1) is 17.3. The highest BCUT2D eigenvalue weighted by Gasteiger charge is 2.50. The van der Waals surface area contributed by atoms with Gasteiger partial charge in [-0.25, -0.2) is 4.79 Å². The number of hydrogen-bond donors (Lipinski definition) is 1. The Morgan fingerprint density at radius 3 is 2.42 bits per heavy atom. The van der Waals surface area contributed by atoms with E-state index in [0.717, 1.165) is 12.0 Å². The van der Waals surface area contributed by atoms with Crippen LogP contribution in [0, 0.1) is 5.92 Å². The zero-order chi connectivity index (χ0) is 26.2. The lowest BCUT2D eigenvalue weighted by Crippen LogP contribution is -2.58. The fraction of sp³-hybridized carbons (Fsp3) is 0.630. The largest absolute Gasteiger partial charge is 0.465 e. The van der Waals surface area contributed by atoms with Gasteiger partial charge >= 0.3 is 11.9 Å². The number of ether oxygens (including phenoxy) is 2. The van der Waals surface area contributed by atoms with E-state index in [9.17, 15) is 19.2 Å². The van der Waals surface area contributed by atoms with Crippen LogP contribution in [-0.2, 0) is 35.1 Å². The van der Waals surface area contributed by atoms with Crippen molar-refractivity contribution in [2.24, 2.45) is 5.92 Å². The highest BCUT2D eigenvalue weighted by molar-refractivity contribution is 5.89. The van der Waals surface area contributed by atoms with Crippen LogP contribution in [0.3, 0.4) is 0 Å². The molecule has 2 aliphatic heterocycles. The summed E-state index contributed by atoms with van der Waals surface area (Å²) in [5.74, 6) is -1.04. The summed E-state index contributed by atoms with van der Waals surface area (Å²) in [6.45, 7) is 8.19. The van der Waals surface area contributed by atoms with Crippen molar-refractivity contribution in [3.8, 4) is 0 Å².